The van der Waals surface area contributed by atoms with Crippen LogP contribution in [0.25, 0.3) is 0 Å². The number of hydrogen-bond donors (Lipinski definition) is 2. The van der Waals surface area contributed by atoms with E-state index < -0.39 is 12.1 Å². The molecule has 10 heteroatoms. The van der Waals surface area contributed by atoms with E-state index in [0.717, 1.165) is 44.6 Å². The molecule has 0 radical (unpaired) electrons. The first-order chi connectivity index (χ1) is 14.0. The van der Waals surface area contributed by atoms with Gasteiger partial charge in [-0.2, -0.15) is 18.3 Å². The quantitative estimate of drug-likeness (QED) is 0.736. The first-order valence-electron chi connectivity index (χ1n) is 10.4. The van der Waals surface area contributed by atoms with Crippen molar-refractivity contribution in [1.29, 1.82) is 0 Å². The molecule has 0 bridgehead atoms. The van der Waals surface area contributed by atoms with E-state index in [1.165, 1.54) is 11.3 Å². The van der Waals surface area contributed by atoms with Crippen LogP contribution >= 0.6 is 0 Å². The third kappa shape index (κ3) is 8.16. The Balaban J connectivity index is 0.000000592. The van der Waals surface area contributed by atoms with Crippen molar-refractivity contribution in [2.75, 3.05) is 13.1 Å². The van der Waals surface area contributed by atoms with E-state index in [-0.39, 0.29) is 17.4 Å². The fourth-order valence-corrected chi connectivity index (χ4v) is 3.58. The summed E-state index contributed by atoms with van der Waals surface area (Å²) in [6.07, 6.45) is -1.85. The lowest BCUT2D eigenvalue weighted by atomic mass is 9.87. The number of hydrogen-bond acceptors (Lipinski definition) is 4. The molecular formula is C21H35F3N4O3. The second-order valence-electron chi connectivity index (χ2n) is 9.30. The van der Waals surface area contributed by atoms with E-state index >= 15 is 0 Å². The van der Waals surface area contributed by atoms with Crippen molar-refractivity contribution in [3.8, 4) is 0 Å². The highest BCUT2D eigenvalue weighted by Gasteiger charge is 2.38. The van der Waals surface area contributed by atoms with E-state index in [1.54, 1.807) is 0 Å². The Kier molecular flexibility index (Phi) is 9.10. The Hall–Kier alpha value is -2.10. The van der Waals surface area contributed by atoms with Crippen molar-refractivity contribution in [2.45, 2.75) is 79.6 Å². The maximum atomic E-state index is 12.4. The minimum atomic E-state index is -5.08. The fraction of sp³-hybridized carbons (Fsp3) is 0.762. The largest absolute Gasteiger partial charge is 0.490 e. The average molecular weight is 449 g/mol. The topological polar surface area (TPSA) is 101 Å². The highest BCUT2D eigenvalue weighted by Crippen LogP contribution is 2.27. The molecule has 1 saturated heterocycles. The van der Waals surface area contributed by atoms with Crippen LogP contribution in [0.4, 0.5) is 13.2 Å². The molecule has 1 fully saturated rings. The van der Waals surface area contributed by atoms with Gasteiger partial charge in [-0.1, -0.05) is 20.8 Å². The van der Waals surface area contributed by atoms with Crippen molar-refractivity contribution < 1.29 is 27.9 Å². The molecular weight excluding hydrogens is 413 g/mol. The number of aliphatic carboxylic acids is 1. The van der Waals surface area contributed by atoms with Gasteiger partial charge in [-0.15, -0.1) is 0 Å². The van der Waals surface area contributed by atoms with Gasteiger partial charge in [0, 0.05) is 30.2 Å². The molecule has 178 valence electrons. The minimum Gasteiger partial charge on any atom is -0.475 e. The second-order valence-corrected chi connectivity index (χ2v) is 9.30. The molecule has 3 N–H and O–H groups in total. The number of rotatable bonds is 4. The second kappa shape index (κ2) is 10.5. The van der Waals surface area contributed by atoms with Gasteiger partial charge in [0.1, 0.15) is 0 Å². The molecule has 1 aliphatic heterocycles. The third-order valence-electron chi connectivity index (χ3n) is 5.27. The molecule has 0 unspecified atom stereocenters. The van der Waals surface area contributed by atoms with Crippen LogP contribution in [0.3, 0.4) is 0 Å². The van der Waals surface area contributed by atoms with Gasteiger partial charge in [-0.3, -0.25) is 9.48 Å². The highest BCUT2D eigenvalue weighted by molar-refractivity contribution is 5.81. The van der Waals surface area contributed by atoms with E-state index in [1.807, 2.05) is 37.3 Å². The zero-order chi connectivity index (χ0) is 24.1. The van der Waals surface area contributed by atoms with Crippen LogP contribution in [0.5, 0.6) is 0 Å². The Bertz CT molecular complexity index is 759. The number of piperidine rings is 1. The van der Waals surface area contributed by atoms with Gasteiger partial charge in [0.05, 0.1) is 12.2 Å². The summed E-state index contributed by atoms with van der Waals surface area (Å²) in [6.45, 7) is 14.8. The summed E-state index contributed by atoms with van der Waals surface area (Å²) in [5.74, 6) is -1.84. The van der Waals surface area contributed by atoms with Gasteiger partial charge in [-0.05, 0) is 51.5 Å². The van der Waals surface area contributed by atoms with Gasteiger partial charge < -0.3 is 15.7 Å². The molecule has 2 heterocycles. The van der Waals surface area contributed by atoms with E-state index in [4.69, 9.17) is 15.6 Å². The molecule has 1 aromatic rings. The van der Waals surface area contributed by atoms with Crippen molar-refractivity contribution in [2.24, 2.45) is 17.1 Å². The Morgan fingerprint density at radius 3 is 2.06 bits per heavy atom. The zero-order valence-electron chi connectivity index (χ0n) is 19.2. The van der Waals surface area contributed by atoms with E-state index in [9.17, 15) is 18.0 Å². The number of aryl methyl sites for hydroxylation is 1. The van der Waals surface area contributed by atoms with Crippen LogP contribution in [-0.2, 0) is 22.6 Å². The Labute approximate surface area is 181 Å². The van der Waals surface area contributed by atoms with Crippen LogP contribution in [0.2, 0.25) is 0 Å². The average Bonchev–Trinajstić information content (AvgIpc) is 2.87. The van der Waals surface area contributed by atoms with Crippen molar-refractivity contribution in [1.82, 2.24) is 14.7 Å². The summed E-state index contributed by atoms with van der Waals surface area (Å²) in [4.78, 5) is 23.3. The molecule has 1 aromatic heterocycles. The standard InChI is InChI=1S/C19H34N4O.C2HF3O2/c1-13(20)12-23-15(3)17(14(2)21-23)11-16-7-9-22(10-8-16)18(24)19(4,5)6;3-2(4,5)1(6)7/h13,16H,7-12,20H2,1-6H3;(H,6,7)/t13-;/m1./s1. The van der Waals surface area contributed by atoms with Crippen LogP contribution in [0, 0.1) is 25.2 Å². The summed E-state index contributed by atoms with van der Waals surface area (Å²) in [5.41, 5.74) is 9.39. The van der Waals surface area contributed by atoms with Gasteiger partial charge in [0.15, 0.2) is 0 Å². The molecule has 1 amide bonds. The number of carbonyl (C=O) groups excluding carboxylic acids is 1. The molecule has 31 heavy (non-hydrogen) atoms. The third-order valence-corrected chi connectivity index (χ3v) is 5.27. The number of nitrogens with two attached hydrogens (primary N) is 1. The summed E-state index contributed by atoms with van der Waals surface area (Å²) >= 11 is 0. The molecule has 0 aromatic carbocycles. The molecule has 0 saturated carbocycles. The summed E-state index contributed by atoms with van der Waals surface area (Å²) in [5, 5.41) is 11.8. The number of aromatic nitrogens is 2. The first-order valence-corrected chi connectivity index (χ1v) is 10.4. The summed E-state index contributed by atoms with van der Waals surface area (Å²) < 4.78 is 33.8. The smallest absolute Gasteiger partial charge is 0.475 e. The van der Waals surface area contributed by atoms with Crippen molar-refractivity contribution >= 4 is 11.9 Å². The van der Waals surface area contributed by atoms with Crippen molar-refractivity contribution in [3.05, 3.63) is 17.0 Å². The fourth-order valence-electron chi connectivity index (χ4n) is 3.58. The maximum Gasteiger partial charge on any atom is 0.490 e. The van der Waals surface area contributed by atoms with Gasteiger partial charge in [-0.25, -0.2) is 4.79 Å². The highest BCUT2D eigenvalue weighted by atomic mass is 19.4. The monoisotopic (exact) mass is 448 g/mol. The predicted octanol–water partition coefficient (Wildman–Crippen LogP) is 3.31. The number of alkyl halides is 3. The number of amides is 1. The number of carboxylic acid groups (broad SMARTS) is 1. The lowest BCUT2D eigenvalue weighted by Crippen LogP contribution is -2.44. The number of likely N-dealkylation sites (tertiary alicyclic amines) is 1. The molecule has 1 aliphatic rings. The van der Waals surface area contributed by atoms with Crippen LogP contribution in [-0.4, -0.2) is 57.0 Å². The Morgan fingerprint density at radius 2 is 1.68 bits per heavy atom. The SMILES string of the molecule is Cc1nn(C[C@@H](C)N)c(C)c1CC1CCN(C(=O)C(C)(C)C)CC1.O=C(O)C(F)(F)F. The molecule has 0 spiro atoms. The molecule has 2 rings (SSSR count). The van der Waals surface area contributed by atoms with Crippen molar-refractivity contribution in [3.63, 3.8) is 0 Å². The van der Waals surface area contributed by atoms with Gasteiger partial charge >= 0.3 is 12.1 Å². The summed E-state index contributed by atoms with van der Waals surface area (Å²) in [7, 11) is 0. The normalized spacial score (nSPS) is 16.5. The van der Waals surface area contributed by atoms with Crippen LogP contribution < -0.4 is 5.73 Å². The minimum absolute atomic E-state index is 0.113. The lowest BCUT2D eigenvalue weighted by Gasteiger charge is -2.35. The maximum absolute atomic E-state index is 12.4. The number of carbonyl (C=O) groups is 2. The molecule has 7 nitrogen and oxygen atoms in total. The summed E-state index contributed by atoms with van der Waals surface area (Å²) in [6, 6.07) is 0.113. The van der Waals surface area contributed by atoms with E-state index in [0.29, 0.717) is 5.92 Å². The van der Waals surface area contributed by atoms with Gasteiger partial charge in [0.25, 0.3) is 0 Å². The van der Waals surface area contributed by atoms with Crippen LogP contribution in [0.15, 0.2) is 0 Å². The number of nitrogens with zero attached hydrogens (tertiary/aromatic N) is 3. The number of carboxylic acids is 1. The van der Waals surface area contributed by atoms with Crippen LogP contribution in [0.1, 0.15) is 57.5 Å². The van der Waals surface area contributed by atoms with Gasteiger partial charge in [0.2, 0.25) is 5.91 Å². The predicted molar refractivity (Wildman–Crippen MR) is 112 cm³/mol. The molecule has 0 aliphatic carbocycles. The zero-order valence-corrected chi connectivity index (χ0v) is 19.2. The molecule has 1 atom stereocenters. The lowest BCUT2D eigenvalue weighted by molar-refractivity contribution is -0.192. The number of halogens is 3. The first kappa shape index (κ1) is 26.9. The van der Waals surface area contributed by atoms with E-state index in [2.05, 4.69) is 18.9 Å². The Morgan fingerprint density at radius 1 is 1.19 bits per heavy atom.